The van der Waals surface area contributed by atoms with Crippen molar-refractivity contribution in [1.82, 2.24) is 10.6 Å². The van der Waals surface area contributed by atoms with Gasteiger partial charge >= 0.3 is 5.97 Å². The van der Waals surface area contributed by atoms with Gasteiger partial charge in [-0.25, -0.2) is 4.79 Å². The molecular formula is C14H18N2O3. The Balaban J connectivity index is 1.97. The fourth-order valence-electron chi connectivity index (χ4n) is 2.19. The zero-order valence-electron chi connectivity index (χ0n) is 11.1. The van der Waals surface area contributed by atoms with E-state index >= 15 is 0 Å². The van der Waals surface area contributed by atoms with Crippen molar-refractivity contribution in [3.8, 4) is 0 Å². The van der Waals surface area contributed by atoms with Gasteiger partial charge in [-0.1, -0.05) is 24.3 Å². The molecule has 1 heterocycles. The van der Waals surface area contributed by atoms with Crippen molar-refractivity contribution in [3.05, 3.63) is 35.4 Å². The summed E-state index contributed by atoms with van der Waals surface area (Å²) in [6.45, 7) is 2.28. The van der Waals surface area contributed by atoms with Crippen LogP contribution in [0.1, 0.15) is 18.1 Å². The number of ether oxygens (including phenoxy) is 1. The van der Waals surface area contributed by atoms with E-state index in [1.807, 2.05) is 24.3 Å². The molecule has 102 valence electrons. The Morgan fingerprint density at radius 1 is 1.37 bits per heavy atom. The normalized spacial score (nSPS) is 19.2. The molecule has 0 spiro atoms. The molecule has 2 rings (SSSR count). The average molecular weight is 262 g/mol. The fraction of sp³-hybridized carbons (Fsp3) is 0.429. The molecule has 1 unspecified atom stereocenters. The van der Waals surface area contributed by atoms with Crippen LogP contribution in [-0.2, 0) is 27.3 Å². The van der Waals surface area contributed by atoms with E-state index in [1.165, 1.54) is 18.2 Å². The van der Waals surface area contributed by atoms with Gasteiger partial charge in [-0.05, 0) is 24.5 Å². The van der Waals surface area contributed by atoms with Crippen molar-refractivity contribution in [2.45, 2.75) is 32.0 Å². The average Bonchev–Trinajstić information content (AvgIpc) is 2.45. The smallest absolute Gasteiger partial charge is 0.328 e. The SMILES string of the molecule is COC(=O)[C@H](C)NC(=O)C1Cc2ccccc2CN1. The first-order valence-electron chi connectivity index (χ1n) is 6.30. The van der Waals surface area contributed by atoms with Gasteiger partial charge in [-0.2, -0.15) is 0 Å². The van der Waals surface area contributed by atoms with Crippen LogP contribution in [-0.4, -0.2) is 31.1 Å². The highest BCUT2D eigenvalue weighted by atomic mass is 16.5. The predicted octanol–water partition coefficient (Wildman–Crippen LogP) is 0.379. The number of methoxy groups -OCH3 is 1. The lowest BCUT2D eigenvalue weighted by molar-refractivity contribution is -0.144. The summed E-state index contributed by atoms with van der Waals surface area (Å²) >= 11 is 0. The van der Waals surface area contributed by atoms with E-state index < -0.39 is 12.0 Å². The standard InChI is InChI=1S/C14H18N2O3/c1-9(14(18)19-2)16-13(17)12-7-10-5-3-4-6-11(10)8-15-12/h3-6,9,12,15H,7-8H2,1-2H3,(H,16,17)/t9-,12?/m0/s1. The van der Waals surface area contributed by atoms with E-state index in [1.54, 1.807) is 6.92 Å². The number of esters is 1. The summed E-state index contributed by atoms with van der Waals surface area (Å²) in [6, 6.07) is 7.10. The Bertz CT molecular complexity index is 487. The van der Waals surface area contributed by atoms with E-state index in [9.17, 15) is 9.59 Å². The molecule has 2 atom stereocenters. The van der Waals surface area contributed by atoms with Gasteiger partial charge in [0, 0.05) is 6.54 Å². The number of hydrogen-bond donors (Lipinski definition) is 2. The first-order valence-corrected chi connectivity index (χ1v) is 6.30. The third-order valence-electron chi connectivity index (χ3n) is 3.31. The van der Waals surface area contributed by atoms with E-state index in [2.05, 4.69) is 15.4 Å². The van der Waals surface area contributed by atoms with Crippen molar-refractivity contribution < 1.29 is 14.3 Å². The van der Waals surface area contributed by atoms with Crippen molar-refractivity contribution >= 4 is 11.9 Å². The van der Waals surface area contributed by atoms with Gasteiger partial charge in [-0.3, -0.25) is 4.79 Å². The number of carbonyl (C=O) groups excluding carboxylic acids is 2. The Hall–Kier alpha value is -1.88. The molecule has 1 aromatic carbocycles. The summed E-state index contributed by atoms with van der Waals surface area (Å²) in [5.41, 5.74) is 2.39. The highest BCUT2D eigenvalue weighted by molar-refractivity contribution is 5.87. The van der Waals surface area contributed by atoms with Crippen LogP contribution in [0.2, 0.25) is 0 Å². The van der Waals surface area contributed by atoms with Gasteiger partial charge in [-0.15, -0.1) is 0 Å². The van der Waals surface area contributed by atoms with Gasteiger partial charge in [0.15, 0.2) is 0 Å². The fourth-order valence-corrected chi connectivity index (χ4v) is 2.19. The maximum Gasteiger partial charge on any atom is 0.328 e. The van der Waals surface area contributed by atoms with Crippen LogP contribution in [0.15, 0.2) is 24.3 Å². The number of amides is 1. The summed E-state index contributed by atoms with van der Waals surface area (Å²) in [5.74, 6) is -0.614. The van der Waals surface area contributed by atoms with Gasteiger partial charge in [0.2, 0.25) is 5.91 Å². The summed E-state index contributed by atoms with van der Waals surface area (Å²) in [7, 11) is 1.31. The molecular weight excluding hydrogens is 244 g/mol. The van der Waals surface area contributed by atoms with Crippen LogP contribution in [0.25, 0.3) is 0 Å². The maximum absolute atomic E-state index is 12.1. The highest BCUT2D eigenvalue weighted by Gasteiger charge is 2.26. The number of nitrogens with one attached hydrogen (secondary N) is 2. The lowest BCUT2D eigenvalue weighted by Crippen LogP contribution is -2.51. The molecule has 5 nitrogen and oxygen atoms in total. The molecule has 5 heteroatoms. The lowest BCUT2D eigenvalue weighted by Gasteiger charge is -2.26. The Morgan fingerprint density at radius 3 is 2.74 bits per heavy atom. The molecule has 0 radical (unpaired) electrons. The second-order valence-corrected chi connectivity index (χ2v) is 4.66. The minimum absolute atomic E-state index is 0.174. The van der Waals surface area contributed by atoms with Crippen LogP contribution in [0.3, 0.4) is 0 Å². The topological polar surface area (TPSA) is 67.4 Å². The Morgan fingerprint density at radius 2 is 2.05 bits per heavy atom. The van der Waals surface area contributed by atoms with Gasteiger partial charge in [0.25, 0.3) is 0 Å². The molecule has 0 saturated carbocycles. The molecule has 0 bridgehead atoms. The molecule has 1 aliphatic rings. The maximum atomic E-state index is 12.1. The van der Waals surface area contributed by atoms with Crippen molar-refractivity contribution in [1.29, 1.82) is 0 Å². The molecule has 0 aliphatic carbocycles. The van der Waals surface area contributed by atoms with Crippen LogP contribution in [0, 0.1) is 0 Å². The van der Waals surface area contributed by atoms with Crippen molar-refractivity contribution in [2.24, 2.45) is 0 Å². The number of hydrogen-bond acceptors (Lipinski definition) is 4. The van der Waals surface area contributed by atoms with Crippen LogP contribution in [0.4, 0.5) is 0 Å². The van der Waals surface area contributed by atoms with Crippen molar-refractivity contribution in [3.63, 3.8) is 0 Å². The summed E-state index contributed by atoms with van der Waals surface area (Å²) in [5, 5.41) is 5.83. The molecule has 0 aromatic heterocycles. The third kappa shape index (κ3) is 3.12. The number of carbonyl (C=O) groups is 2. The minimum Gasteiger partial charge on any atom is -0.467 e. The summed E-state index contributed by atoms with van der Waals surface area (Å²) in [4.78, 5) is 23.3. The van der Waals surface area contributed by atoms with Gasteiger partial charge in [0.1, 0.15) is 6.04 Å². The lowest BCUT2D eigenvalue weighted by atomic mass is 9.95. The quantitative estimate of drug-likeness (QED) is 0.773. The summed E-state index contributed by atoms with van der Waals surface area (Å²) < 4.78 is 4.58. The molecule has 2 N–H and O–H groups in total. The first-order chi connectivity index (χ1) is 9.11. The van der Waals surface area contributed by atoms with E-state index in [0.29, 0.717) is 13.0 Å². The zero-order chi connectivity index (χ0) is 13.8. The van der Waals surface area contributed by atoms with E-state index in [4.69, 9.17) is 0 Å². The monoisotopic (exact) mass is 262 g/mol. The molecule has 19 heavy (non-hydrogen) atoms. The number of benzene rings is 1. The largest absolute Gasteiger partial charge is 0.467 e. The van der Waals surface area contributed by atoms with Crippen LogP contribution in [0.5, 0.6) is 0 Å². The van der Waals surface area contributed by atoms with Crippen LogP contribution >= 0.6 is 0 Å². The molecule has 1 amide bonds. The molecule has 0 saturated heterocycles. The minimum atomic E-state index is -0.628. The second kappa shape index (κ2) is 5.84. The van der Waals surface area contributed by atoms with E-state index in [0.717, 1.165) is 0 Å². The van der Waals surface area contributed by atoms with E-state index in [-0.39, 0.29) is 11.9 Å². The van der Waals surface area contributed by atoms with Crippen LogP contribution < -0.4 is 10.6 Å². The van der Waals surface area contributed by atoms with Gasteiger partial charge in [0.05, 0.1) is 13.2 Å². The molecule has 1 aliphatic heterocycles. The highest BCUT2D eigenvalue weighted by Crippen LogP contribution is 2.16. The Labute approximate surface area is 112 Å². The molecule has 1 aromatic rings. The Kier molecular flexibility index (Phi) is 4.16. The van der Waals surface area contributed by atoms with Gasteiger partial charge < -0.3 is 15.4 Å². The number of fused-ring (bicyclic) bond motifs is 1. The molecule has 0 fully saturated rings. The third-order valence-corrected chi connectivity index (χ3v) is 3.31. The second-order valence-electron chi connectivity index (χ2n) is 4.66. The first kappa shape index (κ1) is 13.5. The number of rotatable bonds is 3. The summed E-state index contributed by atoms with van der Waals surface area (Å²) in [6.07, 6.45) is 0.635. The van der Waals surface area contributed by atoms with Crippen molar-refractivity contribution in [2.75, 3.05) is 7.11 Å². The predicted molar refractivity (Wildman–Crippen MR) is 70.4 cm³/mol. The zero-order valence-corrected chi connectivity index (χ0v) is 11.1.